The van der Waals surface area contributed by atoms with Crippen molar-refractivity contribution < 1.29 is 4.79 Å². The first-order valence-electron chi connectivity index (χ1n) is 6.81. The predicted octanol–water partition coefficient (Wildman–Crippen LogP) is 1.14. The first kappa shape index (κ1) is 12.9. The number of nitrogens with zero attached hydrogens (tertiary/aromatic N) is 2. The second kappa shape index (κ2) is 5.09. The molecule has 2 heterocycles. The molecule has 5 heteroatoms. The van der Waals surface area contributed by atoms with Gasteiger partial charge in [0.05, 0.1) is 11.6 Å². The van der Waals surface area contributed by atoms with E-state index in [-0.39, 0.29) is 11.9 Å². The lowest BCUT2D eigenvalue weighted by atomic mass is 10.1. The van der Waals surface area contributed by atoms with Crippen molar-refractivity contribution >= 4 is 22.6 Å². The molecule has 0 spiro atoms. The summed E-state index contributed by atoms with van der Waals surface area (Å²) < 4.78 is 0. The van der Waals surface area contributed by atoms with E-state index in [1.54, 1.807) is 0 Å². The molecule has 1 atom stereocenters. The summed E-state index contributed by atoms with van der Waals surface area (Å²) in [7, 11) is 0. The average molecular weight is 270 g/mol. The topological polar surface area (TPSA) is 71.2 Å². The maximum atomic E-state index is 11.7. The van der Waals surface area contributed by atoms with E-state index in [0.29, 0.717) is 18.9 Å². The third kappa shape index (κ3) is 2.32. The van der Waals surface area contributed by atoms with Gasteiger partial charge >= 0.3 is 0 Å². The number of anilines is 1. The molecule has 20 heavy (non-hydrogen) atoms. The highest BCUT2D eigenvalue weighted by atomic mass is 16.2. The van der Waals surface area contributed by atoms with Crippen molar-refractivity contribution in [2.24, 2.45) is 0 Å². The van der Waals surface area contributed by atoms with Crippen LogP contribution in [-0.2, 0) is 11.3 Å². The van der Waals surface area contributed by atoms with Gasteiger partial charge in [-0.2, -0.15) is 0 Å². The monoisotopic (exact) mass is 270 g/mol. The van der Waals surface area contributed by atoms with Gasteiger partial charge in [-0.3, -0.25) is 9.69 Å². The average Bonchev–Trinajstić information content (AvgIpc) is 2.44. The van der Waals surface area contributed by atoms with E-state index in [1.165, 1.54) is 0 Å². The highest BCUT2D eigenvalue weighted by molar-refractivity contribution is 5.82. The number of nitrogens with one attached hydrogen (secondary N) is 1. The molecule has 1 saturated heterocycles. The summed E-state index contributed by atoms with van der Waals surface area (Å²) in [6.45, 7) is 4.08. The largest absolute Gasteiger partial charge is 0.383 e. The van der Waals surface area contributed by atoms with Crippen LogP contribution in [0.4, 0.5) is 5.82 Å². The van der Waals surface area contributed by atoms with Gasteiger partial charge in [0.15, 0.2) is 0 Å². The molecule has 1 fully saturated rings. The summed E-state index contributed by atoms with van der Waals surface area (Å²) in [5, 5.41) is 3.94. The standard InChI is InChI=1S/C15H18N4O/c1-10-15(20)17-6-7-19(10)9-12-8-11-4-2-3-5-13(11)18-14(12)16/h2-5,8,10H,6-7,9H2,1H3,(H2,16,18)(H,17,20). The number of aromatic nitrogens is 1. The van der Waals surface area contributed by atoms with Gasteiger partial charge in [-0.05, 0) is 19.1 Å². The van der Waals surface area contributed by atoms with E-state index in [1.807, 2.05) is 31.2 Å². The smallest absolute Gasteiger partial charge is 0.237 e. The van der Waals surface area contributed by atoms with Gasteiger partial charge in [-0.25, -0.2) is 4.98 Å². The van der Waals surface area contributed by atoms with Crippen LogP contribution in [0.5, 0.6) is 0 Å². The van der Waals surface area contributed by atoms with E-state index in [4.69, 9.17) is 5.73 Å². The highest BCUT2D eigenvalue weighted by Crippen LogP contribution is 2.21. The van der Waals surface area contributed by atoms with Gasteiger partial charge in [0, 0.05) is 30.6 Å². The van der Waals surface area contributed by atoms with E-state index in [2.05, 4.69) is 21.3 Å². The third-order valence-electron chi connectivity index (χ3n) is 3.84. The number of hydrogen-bond donors (Lipinski definition) is 2. The Morgan fingerprint density at radius 2 is 2.25 bits per heavy atom. The van der Waals surface area contributed by atoms with Crippen molar-refractivity contribution in [2.45, 2.75) is 19.5 Å². The van der Waals surface area contributed by atoms with Crippen molar-refractivity contribution in [3.8, 4) is 0 Å². The molecule has 1 aromatic heterocycles. The van der Waals surface area contributed by atoms with Crippen molar-refractivity contribution in [3.63, 3.8) is 0 Å². The minimum Gasteiger partial charge on any atom is -0.383 e. The second-order valence-corrected chi connectivity index (χ2v) is 5.16. The highest BCUT2D eigenvalue weighted by Gasteiger charge is 2.25. The summed E-state index contributed by atoms with van der Waals surface area (Å²) in [6.07, 6.45) is 0. The van der Waals surface area contributed by atoms with Crippen molar-refractivity contribution in [2.75, 3.05) is 18.8 Å². The molecule has 2 aromatic rings. The zero-order valence-corrected chi connectivity index (χ0v) is 11.5. The Labute approximate surface area is 117 Å². The lowest BCUT2D eigenvalue weighted by Crippen LogP contribution is -2.53. The lowest BCUT2D eigenvalue weighted by Gasteiger charge is -2.32. The second-order valence-electron chi connectivity index (χ2n) is 5.16. The molecular formula is C15H18N4O. The maximum Gasteiger partial charge on any atom is 0.237 e. The zero-order valence-electron chi connectivity index (χ0n) is 11.5. The summed E-state index contributed by atoms with van der Waals surface area (Å²) in [4.78, 5) is 18.3. The number of fused-ring (bicyclic) bond motifs is 1. The van der Waals surface area contributed by atoms with Gasteiger partial charge in [-0.1, -0.05) is 18.2 Å². The van der Waals surface area contributed by atoms with Crippen LogP contribution in [0.3, 0.4) is 0 Å². The van der Waals surface area contributed by atoms with E-state index < -0.39 is 0 Å². The first-order chi connectivity index (χ1) is 9.65. The van der Waals surface area contributed by atoms with Crippen LogP contribution in [-0.4, -0.2) is 34.9 Å². The van der Waals surface area contributed by atoms with Gasteiger partial charge < -0.3 is 11.1 Å². The molecule has 0 aliphatic carbocycles. The molecule has 5 nitrogen and oxygen atoms in total. The fraction of sp³-hybridized carbons (Fsp3) is 0.333. The van der Waals surface area contributed by atoms with Crippen LogP contribution >= 0.6 is 0 Å². The molecule has 0 saturated carbocycles. The molecule has 1 aliphatic heterocycles. The Morgan fingerprint density at radius 1 is 1.45 bits per heavy atom. The van der Waals surface area contributed by atoms with Crippen molar-refractivity contribution in [1.82, 2.24) is 15.2 Å². The number of piperazine rings is 1. The van der Waals surface area contributed by atoms with Gasteiger partial charge in [0.25, 0.3) is 0 Å². The molecule has 1 unspecified atom stereocenters. The normalized spacial score (nSPS) is 20.1. The zero-order chi connectivity index (χ0) is 14.1. The van der Waals surface area contributed by atoms with Crippen LogP contribution in [0, 0.1) is 0 Å². The number of nitrogens with two attached hydrogens (primary N) is 1. The molecule has 3 rings (SSSR count). The summed E-state index contributed by atoms with van der Waals surface area (Å²) in [6, 6.07) is 9.85. The Morgan fingerprint density at radius 3 is 3.10 bits per heavy atom. The number of benzene rings is 1. The SMILES string of the molecule is CC1C(=O)NCCN1Cc1cc2ccccc2nc1N. The third-order valence-corrected chi connectivity index (χ3v) is 3.84. The number of pyridine rings is 1. The number of para-hydroxylation sites is 1. The van der Waals surface area contributed by atoms with Crippen LogP contribution in [0.25, 0.3) is 10.9 Å². The van der Waals surface area contributed by atoms with E-state index in [9.17, 15) is 4.79 Å². The molecule has 1 aliphatic rings. The van der Waals surface area contributed by atoms with E-state index in [0.717, 1.165) is 23.0 Å². The lowest BCUT2D eigenvalue weighted by molar-refractivity contribution is -0.128. The number of nitrogen functional groups attached to an aromatic ring is 1. The fourth-order valence-corrected chi connectivity index (χ4v) is 2.57. The van der Waals surface area contributed by atoms with Crippen LogP contribution in [0.2, 0.25) is 0 Å². The summed E-state index contributed by atoms with van der Waals surface area (Å²) >= 11 is 0. The van der Waals surface area contributed by atoms with Crippen molar-refractivity contribution in [1.29, 1.82) is 0 Å². The maximum absolute atomic E-state index is 11.7. The van der Waals surface area contributed by atoms with E-state index >= 15 is 0 Å². The minimum absolute atomic E-state index is 0.0727. The summed E-state index contributed by atoms with van der Waals surface area (Å²) in [5.74, 6) is 0.616. The molecule has 0 radical (unpaired) electrons. The van der Waals surface area contributed by atoms with Crippen LogP contribution in [0.15, 0.2) is 30.3 Å². The summed E-state index contributed by atoms with van der Waals surface area (Å²) in [5.41, 5.74) is 7.92. The molecule has 1 amide bonds. The fourth-order valence-electron chi connectivity index (χ4n) is 2.57. The quantitative estimate of drug-likeness (QED) is 0.858. The van der Waals surface area contributed by atoms with Gasteiger partial charge in [0.1, 0.15) is 5.82 Å². The number of carbonyl (C=O) groups excluding carboxylic acids is 1. The molecular weight excluding hydrogens is 252 g/mol. The van der Waals surface area contributed by atoms with Crippen LogP contribution < -0.4 is 11.1 Å². The predicted molar refractivity (Wildman–Crippen MR) is 79.0 cm³/mol. The van der Waals surface area contributed by atoms with Crippen molar-refractivity contribution in [3.05, 3.63) is 35.9 Å². The minimum atomic E-state index is -0.130. The van der Waals surface area contributed by atoms with Crippen LogP contribution in [0.1, 0.15) is 12.5 Å². The Hall–Kier alpha value is -2.14. The van der Waals surface area contributed by atoms with Gasteiger partial charge in [0.2, 0.25) is 5.91 Å². The number of carbonyl (C=O) groups is 1. The molecule has 104 valence electrons. The Kier molecular flexibility index (Phi) is 3.28. The number of rotatable bonds is 2. The first-order valence-corrected chi connectivity index (χ1v) is 6.81. The number of hydrogen-bond acceptors (Lipinski definition) is 4. The molecule has 3 N–H and O–H groups in total. The number of amides is 1. The molecule has 1 aromatic carbocycles. The molecule has 0 bridgehead atoms. The Balaban J connectivity index is 1.90. The Bertz CT molecular complexity index is 655. The van der Waals surface area contributed by atoms with Gasteiger partial charge in [-0.15, -0.1) is 0 Å².